The smallest absolute Gasteiger partial charge is 0.257 e. The van der Waals surface area contributed by atoms with E-state index in [1.165, 1.54) is 0 Å². The first-order valence-electron chi connectivity index (χ1n) is 6.71. The molecule has 0 radical (unpaired) electrons. The van der Waals surface area contributed by atoms with Crippen molar-refractivity contribution in [2.24, 2.45) is 0 Å². The predicted octanol–water partition coefficient (Wildman–Crippen LogP) is 2.93. The molecule has 110 valence electrons. The number of rotatable bonds is 3. The van der Waals surface area contributed by atoms with E-state index in [-0.39, 0.29) is 5.91 Å². The molecule has 1 aliphatic rings. The van der Waals surface area contributed by atoms with Crippen LogP contribution in [0.2, 0.25) is 0 Å². The summed E-state index contributed by atoms with van der Waals surface area (Å²) in [5, 5.41) is 16.1. The Labute approximate surface area is 131 Å². The van der Waals surface area contributed by atoms with Gasteiger partial charge in [0.05, 0.1) is 10.7 Å². The van der Waals surface area contributed by atoms with Crippen LogP contribution in [0.25, 0.3) is 11.3 Å². The van der Waals surface area contributed by atoms with E-state index in [2.05, 4.69) is 10.3 Å². The van der Waals surface area contributed by atoms with Crippen molar-refractivity contribution in [3.8, 4) is 11.3 Å². The number of benzene rings is 1. The number of carbonyl (C=O) groups excluding carboxylic acids is 1. The number of thioether (sulfide) groups is 1. The SMILES string of the molecule is Cc1nc(-c2cccc(NC(=O)C3(O)CCSC3)c2)cs1. The van der Waals surface area contributed by atoms with Gasteiger partial charge in [-0.2, -0.15) is 11.8 Å². The van der Waals surface area contributed by atoms with E-state index in [0.29, 0.717) is 17.9 Å². The van der Waals surface area contributed by atoms with Crippen molar-refractivity contribution in [1.29, 1.82) is 0 Å². The second-order valence-electron chi connectivity index (χ2n) is 5.12. The highest BCUT2D eigenvalue weighted by Crippen LogP contribution is 2.30. The lowest BCUT2D eigenvalue weighted by Crippen LogP contribution is -2.42. The number of aryl methyl sites for hydroxylation is 1. The van der Waals surface area contributed by atoms with Crippen molar-refractivity contribution in [3.05, 3.63) is 34.7 Å². The minimum Gasteiger partial charge on any atom is -0.379 e. The van der Waals surface area contributed by atoms with E-state index in [9.17, 15) is 9.90 Å². The number of hydrogen-bond donors (Lipinski definition) is 2. The number of amides is 1. The fourth-order valence-corrected chi connectivity index (χ4v) is 4.09. The molecule has 0 spiro atoms. The molecule has 1 aromatic heterocycles. The van der Waals surface area contributed by atoms with Gasteiger partial charge in [-0.05, 0) is 31.2 Å². The van der Waals surface area contributed by atoms with Crippen molar-refractivity contribution < 1.29 is 9.90 Å². The van der Waals surface area contributed by atoms with E-state index >= 15 is 0 Å². The molecule has 0 saturated carbocycles. The van der Waals surface area contributed by atoms with Crippen molar-refractivity contribution in [2.45, 2.75) is 18.9 Å². The number of aromatic nitrogens is 1. The molecule has 6 heteroatoms. The first-order valence-corrected chi connectivity index (χ1v) is 8.74. The molecule has 0 aliphatic carbocycles. The lowest BCUT2D eigenvalue weighted by Gasteiger charge is -2.20. The molecule has 2 aromatic rings. The van der Waals surface area contributed by atoms with Crippen molar-refractivity contribution in [2.75, 3.05) is 16.8 Å². The monoisotopic (exact) mass is 320 g/mol. The van der Waals surface area contributed by atoms with E-state index in [1.54, 1.807) is 23.1 Å². The second-order valence-corrected chi connectivity index (χ2v) is 7.29. The van der Waals surface area contributed by atoms with Crippen LogP contribution in [-0.2, 0) is 4.79 Å². The minimum atomic E-state index is -1.24. The lowest BCUT2D eigenvalue weighted by atomic mass is 10.0. The molecular weight excluding hydrogens is 304 g/mol. The third-order valence-corrected chi connectivity index (χ3v) is 5.41. The van der Waals surface area contributed by atoms with Crippen LogP contribution in [0.3, 0.4) is 0 Å². The van der Waals surface area contributed by atoms with Gasteiger partial charge in [0.1, 0.15) is 0 Å². The fraction of sp³-hybridized carbons (Fsp3) is 0.333. The van der Waals surface area contributed by atoms with Crippen LogP contribution >= 0.6 is 23.1 Å². The minimum absolute atomic E-state index is 0.320. The Balaban J connectivity index is 1.79. The highest BCUT2D eigenvalue weighted by Gasteiger charge is 2.39. The maximum atomic E-state index is 12.2. The number of nitrogens with zero attached hydrogens (tertiary/aromatic N) is 1. The number of anilines is 1. The number of hydrogen-bond acceptors (Lipinski definition) is 5. The number of thiazole rings is 1. The molecule has 1 amide bonds. The molecular formula is C15H16N2O2S2. The van der Waals surface area contributed by atoms with Gasteiger partial charge in [-0.15, -0.1) is 11.3 Å². The molecule has 0 bridgehead atoms. The summed E-state index contributed by atoms with van der Waals surface area (Å²) in [7, 11) is 0. The van der Waals surface area contributed by atoms with Gasteiger partial charge in [0.15, 0.2) is 5.60 Å². The summed E-state index contributed by atoms with van der Waals surface area (Å²) >= 11 is 3.20. The number of carbonyl (C=O) groups is 1. The molecule has 1 aliphatic heterocycles. The average molecular weight is 320 g/mol. The summed E-state index contributed by atoms with van der Waals surface area (Å²) in [5.41, 5.74) is 1.32. The van der Waals surface area contributed by atoms with Gasteiger partial charge < -0.3 is 10.4 Å². The normalized spacial score (nSPS) is 21.4. The first-order chi connectivity index (χ1) is 10.1. The standard InChI is InChI=1S/C15H16N2O2S2/c1-10-16-13(8-21-10)11-3-2-4-12(7-11)17-14(18)15(19)5-6-20-9-15/h2-4,7-8,19H,5-6,9H2,1H3,(H,17,18). The maximum Gasteiger partial charge on any atom is 0.257 e. The zero-order valence-electron chi connectivity index (χ0n) is 11.6. The average Bonchev–Trinajstić information content (AvgIpc) is 3.09. The molecule has 4 nitrogen and oxygen atoms in total. The Bertz CT molecular complexity index is 663. The maximum absolute atomic E-state index is 12.2. The summed E-state index contributed by atoms with van der Waals surface area (Å²) in [6, 6.07) is 7.56. The summed E-state index contributed by atoms with van der Waals surface area (Å²) in [4.78, 5) is 16.6. The van der Waals surface area contributed by atoms with Crippen LogP contribution in [-0.4, -0.2) is 33.1 Å². The summed E-state index contributed by atoms with van der Waals surface area (Å²) in [6.07, 6.45) is 0.508. The third-order valence-electron chi connectivity index (χ3n) is 3.46. The first kappa shape index (κ1) is 14.6. The number of aliphatic hydroxyl groups is 1. The Morgan fingerprint density at radius 1 is 1.48 bits per heavy atom. The van der Waals surface area contributed by atoms with Crippen LogP contribution < -0.4 is 5.32 Å². The third kappa shape index (κ3) is 3.12. The topological polar surface area (TPSA) is 62.2 Å². The van der Waals surface area contributed by atoms with Crippen molar-refractivity contribution in [3.63, 3.8) is 0 Å². The van der Waals surface area contributed by atoms with Crippen molar-refractivity contribution >= 4 is 34.7 Å². The van der Waals surface area contributed by atoms with E-state index in [4.69, 9.17) is 0 Å². The van der Waals surface area contributed by atoms with Gasteiger partial charge >= 0.3 is 0 Å². The van der Waals surface area contributed by atoms with Crippen LogP contribution in [0.1, 0.15) is 11.4 Å². The van der Waals surface area contributed by atoms with Gasteiger partial charge in [0.25, 0.3) is 5.91 Å². The molecule has 3 rings (SSSR count). The Morgan fingerprint density at radius 2 is 2.33 bits per heavy atom. The van der Waals surface area contributed by atoms with Crippen LogP contribution in [0.15, 0.2) is 29.6 Å². The van der Waals surface area contributed by atoms with E-state index in [1.807, 2.05) is 36.6 Å². The fourth-order valence-electron chi connectivity index (χ4n) is 2.23. The Morgan fingerprint density at radius 3 is 3.00 bits per heavy atom. The van der Waals surface area contributed by atoms with Gasteiger partial charge in [0.2, 0.25) is 0 Å². The molecule has 2 heterocycles. The van der Waals surface area contributed by atoms with Gasteiger partial charge in [-0.1, -0.05) is 12.1 Å². The quantitative estimate of drug-likeness (QED) is 0.913. The summed E-state index contributed by atoms with van der Waals surface area (Å²) < 4.78 is 0. The second kappa shape index (κ2) is 5.79. The molecule has 1 fully saturated rings. The summed E-state index contributed by atoms with van der Waals surface area (Å²) in [5.74, 6) is 0.963. The van der Waals surface area contributed by atoms with Crippen LogP contribution in [0, 0.1) is 6.92 Å². The zero-order valence-corrected chi connectivity index (χ0v) is 13.3. The molecule has 1 aromatic carbocycles. The Hall–Kier alpha value is -1.37. The largest absolute Gasteiger partial charge is 0.379 e. The molecule has 1 atom stereocenters. The van der Waals surface area contributed by atoms with E-state index < -0.39 is 5.60 Å². The molecule has 1 unspecified atom stereocenters. The van der Waals surface area contributed by atoms with Gasteiger partial charge in [0, 0.05) is 22.4 Å². The van der Waals surface area contributed by atoms with Gasteiger partial charge in [-0.25, -0.2) is 4.98 Å². The van der Waals surface area contributed by atoms with Crippen molar-refractivity contribution in [1.82, 2.24) is 4.98 Å². The van der Waals surface area contributed by atoms with E-state index in [0.717, 1.165) is 22.0 Å². The highest BCUT2D eigenvalue weighted by molar-refractivity contribution is 7.99. The highest BCUT2D eigenvalue weighted by atomic mass is 32.2. The van der Waals surface area contributed by atoms with Crippen LogP contribution in [0.5, 0.6) is 0 Å². The van der Waals surface area contributed by atoms with Gasteiger partial charge in [-0.3, -0.25) is 4.79 Å². The predicted molar refractivity (Wildman–Crippen MR) is 87.8 cm³/mol. The molecule has 2 N–H and O–H groups in total. The molecule has 1 saturated heterocycles. The zero-order chi connectivity index (χ0) is 14.9. The lowest BCUT2D eigenvalue weighted by molar-refractivity contribution is -0.131. The summed E-state index contributed by atoms with van der Waals surface area (Å²) in [6.45, 7) is 1.97. The molecule has 21 heavy (non-hydrogen) atoms. The number of nitrogens with one attached hydrogen (secondary N) is 1. The Kier molecular flexibility index (Phi) is 4.01. The van der Waals surface area contributed by atoms with Crippen LogP contribution in [0.4, 0.5) is 5.69 Å².